The largest absolute Gasteiger partial charge is 0.481 e. The fourth-order valence-corrected chi connectivity index (χ4v) is 0.552. The van der Waals surface area contributed by atoms with Gasteiger partial charge in [-0.05, 0) is 12.8 Å². The highest BCUT2D eigenvalue weighted by Gasteiger charge is 2.04. The van der Waals surface area contributed by atoms with Gasteiger partial charge in [-0.2, -0.15) is 0 Å². The van der Waals surface area contributed by atoms with E-state index in [1.54, 1.807) is 0 Å². The molecule has 0 heterocycles. The average molecular weight is 236 g/mol. The molecule has 4 N–H and O–H groups in total. The van der Waals surface area contributed by atoms with Gasteiger partial charge in [0.15, 0.2) is 0 Å². The Balaban J connectivity index is 0. The van der Waals surface area contributed by atoms with Crippen molar-refractivity contribution in [1.29, 1.82) is 0 Å². The molecule has 0 amide bonds. The van der Waals surface area contributed by atoms with Gasteiger partial charge in [-0.25, -0.2) is 9.59 Å². The topological polar surface area (TPSA) is 149 Å². The average Bonchev–Trinajstić information content (AvgIpc) is 2.12. The van der Waals surface area contributed by atoms with E-state index in [1.807, 2.05) is 0 Å². The van der Waals surface area contributed by atoms with Crippen LogP contribution >= 0.6 is 0 Å². The first-order valence-electron chi connectivity index (χ1n) is 4.17. The van der Waals surface area contributed by atoms with Gasteiger partial charge >= 0.3 is 23.9 Å². The van der Waals surface area contributed by atoms with Crippen molar-refractivity contribution < 1.29 is 39.6 Å². The van der Waals surface area contributed by atoms with Crippen LogP contribution in [0, 0.1) is 0 Å². The van der Waals surface area contributed by atoms with Crippen LogP contribution in [0.5, 0.6) is 0 Å². The normalized spacial score (nSPS) is 8.50. The molecule has 92 valence electrons. The van der Waals surface area contributed by atoms with Gasteiger partial charge in [0.25, 0.3) is 0 Å². The lowest BCUT2D eigenvalue weighted by atomic mass is 10.2. The minimum atomic E-state index is -1.82. The highest BCUT2D eigenvalue weighted by atomic mass is 16.4. The predicted molar refractivity (Wildman–Crippen MR) is 49.0 cm³/mol. The number of hydrogen-bond donors (Lipinski definition) is 4. The van der Waals surface area contributed by atoms with Crippen LogP contribution in [0.1, 0.15) is 25.7 Å². The summed E-state index contributed by atoms with van der Waals surface area (Å²) in [6.45, 7) is 0. The Hall–Kier alpha value is -2.12. The molecule has 0 rings (SSSR count). The first-order chi connectivity index (χ1) is 7.27. The second-order valence-corrected chi connectivity index (χ2v) is 2.60. The SMILES string of the molecule is O=C(O)C(=O)O.O=C(O)CCCCC(=O)O. The number of carboxylic acids is 4. The molecule has 0 aliphatic heterocycles. The lowest BCUT2D eigenvalue weighted by Crippen LogP contribution is -2.09. The summed E-state index contributed by atoms with van der Waals surface area (Å²) in [5.41, 5.74) is 0. The molecule has 0 bridgehead atoms. The Morgan fingerprint density at radius 2 is 0.875 bits per heavy atom. The zero-order chi connectivity index (χ0) is 13.1. The van der Waals surface area contributed by atoms with E-state index in [4.69, 9.17) is 30.0 Å². The summed E-state index contributed by atoms with van der Waals surface area (Å²) in [5, 5.41) is 31.0. The summed E-state index contributed by atoms with van der Waals surface area (Å²) in [4.78, 5) is 38.0. The Kier molecular flexibility index (Phi) is 9.62. The third-order valence-electron chi connectivity index (χ3n) is 1.21. The van der Waals surface area contributed by atoms with Crippen LogP contribution in [0.3, 0.4) is 0 Å². The number of carboxylic acid groups (broad SMARTS) is 4. The highest BCUT2D eigenvalue weighted by molar-refractivity contribution is 6.27. The van der Waals surface area contributed by atoms with Crippen LogP contribution < -0.4 is 0 Å². The molecule has 0 aliphatic carbocycles. The van der Waals surface area contributed by atoms with Crippen LogP contribution in [0.4, 0.5) is 0 Å². The molecule has 0 radical (unpaired) electrons. The number of rotatable bonds is 5. The minimum absolute atomic E-state index is 0.0628. The second-order valence-electron chi connectivity index (χ2n) is 2.60. The lowest BCUT2D eigenvalue weighted by Gasteiger charge is -1.92. The molecular formula is C8H12O8. The Labute approximate surface area is 90.1 Å². The molecule has 0 aromatic rings. The van der Waals surface area contributed by atoms with Crippen molar-refractivity contribution in [3.8, 4) is 0 Å². The summed E-state index contributed by atoms with van der Waals surface area (Å²) in [5.74, 6) is -5.39. The van der Waals surface area contributed by atoms with E-state index < -0.39 is 23.9 Å². The van der Waals surface area contributed by atoms with Crippen molar-refractivity contribution in [3.05, 3.63) is 0 Å². The van der Waals surface area contributed by atoms with E-state index in [0.29, 0.717) is 12.8 Å². The number of hydrogen-bond acceptors (Lipinski definition) is 4. The Morgan fingerprint density at radius 3 is 1.00 bits per heavy atom. The Morgan fingerprint density at radius 1 is 0.625 bits per heavy atom. The van der Waals surface area contributed by atoms with Gasteiger partial charge in [0.2, 0.25) is 0 Å². The van der Waals surface area contributed by atoms with Crippen molar-refractivity contribution in [2.75, 3.05) is 0 Å². The third-order valence-corrected chi connectivity index (χ3v) is 1.21. The summed E-state index contributed by atoms with van der Waals surface area (Å²) >= 11 is 0. The van der Waals surface area contributed by atoms with E-state index in [0.717, 1.165) is 0 Å². The monoisotopic (exact) mass is 236 g/mol. The van der Waals surface area contributed by atoms with Crippen molar-refractivity contribution in [3.63, 3.8) is 0 Å². The van der Waals surface area contributed by atoms with Crippen molar-refractivity contribution in [2.24, 2.45) is 0 Å². The van der Waals surface area contributed by atoms with Crippen LogP contribution in [0.25, 0.3) is 0 Å². The first-order valence-corrected chi connectivity index (χ1v) is 4.17. The number of carbonyl (C=O) groups is 4. The maximum Gasteiger partial charge on any atom is 0.414 e. The van der Waals surface area contributed by atoms with Crippen LogP contribution in [-0.4, -0.2) is 44.3 Å². The van der Waals surface area contributed by atoms with E-state index in [1.165, 1.54) is 0 Å². The maximum absolute atomic E-state index is 9.90. The molecule has 0 spiro atoms. The van der Waals surface area contributed by atoms with Gasteiger partial charge in [0.1, 0.15) is 0 Å². The standard InChI is InChI=1S/C6H10O4.C2H2O4/c7-5(8)3-1-2-4-6(9)10;3-1(4)2(5)6/h1-4H2,(H,7,8)(H,9,10);(H,3,4)(H,5,6). The van der Waals surface area contributed by atoms with Crippen molar-refractivity contribution in [1.82, 2.24) is 0 Å². The molecule has 0 aromatic carbocycles. The van der Waals surface area contributed by atoms with Crippen LogP contribution in [0.2, 0.25) is 0 Å². The van der Waals surface area contributed by atoms with E-state index in [9.17, 15) is 9.59 Å². The second kappa shape index (κ2) is 9.44. The lowest BCUT2D eigenvalue weighted by molar-refractivity contribution is -0.159. The number of unbranched alkanes of at least 4 members (excludes halogenated alkanes) is 1. The molecule has 8 heteroatoms. The van der Waals surface area contributed by atoms with E-state index >= 15 is 0 Å². The summed E-state index contributed by atoms with van der Waals surface area (Å²) in [6.07, 6.45) is 1.02. The molecule has 8 nitrogen and oxygen atoms in total. The fraction of sp³-hybridized carbons (Fsp3) is 0.500. The molecule has 0 atom stereocenters. The van der Waals surface area contributed by atoms with Crippen LogP contribution in [-0.2, 0) is 19.2 Å². The summed E-state index contributed by atoms with van der Waals surface area (Å²) < 4.78 is 0. The van der Waals surface area contributed by atoms with E-state index in [2.05, 4.69) is 0 Å². The maximum atomic E-state index is 9.90. The van der Waals surface area contributed by atoms with Gasteiger partial charge in [0.05, 0.1) is 0 Å². The third kappa shape index (κ3) is 17.8. The smallest absolute Gasteiger partial charge is 0.414 e. The minimum Gasteiger partial charge on any atom is -0.481 e. The van der Waals surface area contributed by atoms with Gasteiger partial charge in [-0.3, -0.25) is 9.59 Å². The molecule has 0 aromatic heterocycles. The molecular weight excluding hydrogens is 224 g/mol. The summed E-state index contributed by atoms with van der Waals surface area (Å²) in [6, 6.07) is 0. The zero-order valence-electron chi connectivity index (χ0n) is 8.25. The van der Waals surface area contributed by atoms with Gasteiger partial charge < -0.3 is 20.4 Å². The van der Waals surface area contributed by atoms with Crippen LogP contribution in [0.15, 0.2) is 0 Å². The molecule has 0 saturated heterocycles. The zero-order valence-corrected chi connectivity index (χ0v) is 8.25. The predicted octanol–water partition coefficient (Wildman–Crippen LogP) is -0.128. The van der Waals surface area contributed by atoms with Crippen molar-refractivity contribution >= 4 is 23.9 Å². The molecule has 0 unspecified atom stereocenters. The quantitative estimate of drug-likeness (QED) is 0.381. The van der Waals surface area contributed by atoms with Gasteiger partial charge in [-0.15, -0.1) is 0 Å². The fourth-order valence-electron chi connectivity index (χ4n) is 0.552. The van der Waals surface area contributed by atoms with Gasteiger partial charge in [-0.1, -0.05) is 0 Å². The Bertz CT molecular complexity index is 241. The summed E-state index contributed by atoms with van der Waals surface area (Å²) in [7, 11) is 0. The highest BCUT2D eigenvalue weighted by Crippen LogP contribution is 1.98. The first kappa shape index (κ1) is 16.3. The number of aliphatic carboxylic acids is 4. The van der Waals surface area contributed by atoms with E-state index in [-0.39, 0.29) is 12.8 Å². The molecule has 16 heavy (non-hydrogen) atoms. The molecule has 0 fully saturated rings. The van der Waals surface area contributed by atoms with Crippen molar-refractivity contribution in [2.45, 2.75) is 25.7 Å². The molecule has 0 saturated carbocycles. The molecule has 0 aliphatic rings. The van der Waals surface area contributed by atoms with Gasteiger partial charge in [0, 0.05) is 12.8 Å².